The maximum absolute atomic E-state index is 13.6. The number of pyridine rings is 1. The molecule has 206 valence electrons. The van der Waals surface area contributed by atoms with Crippen LogP contribution in [0, 0.1) is 12.7 Å². The van der Waals surface area contributed by atoms with Gasteiger partial charge in [-0.2, -0.15) is 0 Å². The number of carbonyl (C=O) groups excluding carboxylic acids is 2. The van der Waals surface area contributed by atoms with Crippen molar-refractivity contribution >= 4 is 51.3 Å². The topological polar surface area (TPSA) is 110 Å². The molecule has 41 heavy (non-hydrogen) atoms. The molecule has 12 heteroatoms. The van der Waals surface area contributed by atoms with Crippen LogP contribution in [0.1, 0.15) is 28.6 Å². The molecule has 1 aliphatic heterocycles. The number of thioether (sulfide) groups is 1. The molecule has 9 nitrogen and oxygen atoms in total. The summed E-state index contributed by atoms with van der Waals surface area (Å²) in [7, 11) is 1.54. The third-order valence-electron chi connectivity index (χ3n) is 6.68. The molecule has 0 bridgehead atoms. The molecule has 4 heterocycles. The van der Waals surface area contributed by atoms with E-state index in [2.05, 4.69) is 15.2 Å². The van der Waals surface area contributed by atoms with E-state index in [1.165, 1.54) is 28.8 Å². The predicted octanol–water partition coefficient (Wildman–Crippen LogP) is 5.56. The zero-order valence-corrected chi connectivity index (χ0v) is 23.4. The second-order valence-electron chi connectivity index (χ2n) is 9.18. The summed E-state index contributed by atoms with van der Waals surface area (Å²) in [5.74, 6) is -1.21. The van der Waals surface area contributed by atoms with Gasteiger partial charge in [-0.3, -0.25) is 18.9 Å². The number of aliphatic hydroxyl groups is 1. The van der Waals surface area contributed by atoms with Crippen LogP contribution in [-0.2, 0) is 15.3 Å². The van der Waals surface area contributed by atoms with E-state index in [1.807, 2.05) is 6.07 Å². The van der Waals surface area contributed by atoms with E-state index in [9.17, 15) is 19.1 Å². The Balaban J connectivity index is 1.43. The van der Waals surface area contributed by atoms with E-state index < -0.39 is 17.7 Å². The molecule has 2 aromatic carbocycles. The summed E-state index contributed by atoms with van der Waals surface area (Å²) in [4.78, 5) is 32.9. The van der Waals surface area contributed by atoms with Crippen molar-refractivity contribution in [2.45, 2.75) is 23.1 Å². The van der Waals surface area contributed by atoms with E-state index in [-0.39, 0.29) is 22.3 Å². The zero-order valence-electron chi connectivity index (χ0n) is 21.8. The molecule has 1 fully saturated rings. The molecule has 0 spiro atoms. The molecule has 1 atom stereocenters. The van der Waals surface area contributed by atoms with Crippen LogP contribution < -0.4 is 9.64 Å². The number of imidazole rings is 1. The van der Waals surface area contributed by atoms with Crippen molar-refractivity contribution in [2.24, 2.45) is 0 Å². The molecule has 1 unspecified atom stereocenters. The lowest BCUT2D eigenvalue weighted by Crippen LogP contribution is -2.29. The van der Waals surface area contributed by atoms with Crippen molar-refractivity contribution in [2.75, 3.05) is 12.0 Å². The number of hydrogen-bond acceptors (Lipinski definition) is 9. The Morgan fingerprint density at radius 1 is 1.07 bits per heavy atom. The fourth-order valence-corrected chi connectivity index (χ4v) is 6.57. The summed E-state index contributed by atoms with van der Waals surface area (Å²) in [6, 6.07) is 17.5. The van der Waals surface area contributed by atoms with Gasteiger partial charge in [-0.25, -0.2) is 9.37 Å². The number of ether oxygens (including phenoxy) is 1. The predicted molar refractivity (Wildman–Crippen MR) is 154 cm³/mol. The van der Waals surface area contributed by atoms with Crippen LogP contribution in [0.3, 0.4) is 0 Å². The number of halogens is 1. The van der Waals surface area contributed by atoms with Crippen LogP contribution in [0.4, 0.5) is 9.52 Å². The molecule has 3 aromatic heterocycles. The fraction of sp³-hybridized carbons (Fsp3) is 0.138. The average Bonchev–Trinajstić information content (AvgIpc) is 3.66. The van der Waals surface area contributed by atoms with Crippen molar-refractivity contribution in [3.63, 3.8) is 0 Å². The number of hydrogen-bond donors (Lipinski definition) is 1. The van der Waals surface area contributed by atoms with Crippen LogP contribution >= 0.6 is 23.1 Å². The van der Waals surface area contributed by atoms with Crippen LogP contribution in [0.2, 0.25) is 0 Å². The smallest absolute Gasteiger partial charge is 0.301 e. The highest BCUT2D eigenvalue weighted by molar-refractivity contribution is 8.00. The Hall–Kier alpha value is -4.55. The molecule has 0 saturated carbocycles. The molecule has 5 aromatic rings. The standard InChI is InChI=1S/C29H22FN5O4S2/c1-16-23(34-14-4-3-5-21(34)31-16)25(36)22-24(18-8-12-20(39-2)13-9-18)35(27(38)26(22)37)28-32-33-29(41-28)40-15-17-6-10-19(30)11-7-17/h3-14,24,36H,15H2,1-2H3. The Kier molecular flexibility index (Phi) is 7.01. The van der Waals surface area contributed by atoms with Crippen LogP contribution in [-0.4, -0.2) is 43.5 Å². The molecule has 1 saturated heterocycles. The van der Waals surface area contributed by atoms with Crippen LogP contribution in [0.5, 0.6) is 5.75 Å². The van der Waals surface area contributed by atoms with Gasteiger partial charge in [-0.05, 0) is 54.4 Å². The summed E-state index contributed by atoms with van der Waals surface area (Å²) in [6.45, 7) is 1.73. The molecule has 1 N–H and O–H groups in total. The SMILES string of the molecule is COc1ccc(C2C(=C(O)c3c(C)nc4ccccn34)C(=O)C(=O)N2c2nnc(SCc3ccc(F)cc3)s2)cc1. The normalized spacial score (nSPS) is 16.6. The lowest BCUT2D eigenvalue weighted by molar-refractivity contribution is -0.132. The second kappa shape index (κ2) is 10.8. The van der Waals surface area contributed by atoms with Gasteiger partial charge < -0.3 is 9.84 Å². The van der Waals surface area contributed by atoms with Crippen LogP contribution in [0.25, 0.3) is 11.4 Å². The Labute approximate surface area is 241 Å². The van der Waals surface area contributed by atoms with E-state index in [1.54, 1.807) is 73.2 Å². The fourth-order valence-electron chi connectivity index (χ4n) is 4.74. The minimum Gasteiger partial charge on any atom is -0.505 e. The molecule has 6 rings (SSSR count). The van der Waals surface area contributed by atoms with Crippen molar-refractivity contribution in [1.29, 1.82) is 0 Å². The number of benzene rings is 2. The van der Waals surface area contributed by atoms with Crippen molar-refractivity contribution in [3.05, 3.63) is 107 Å². The lowest BCUT2D eigenvalue weighted by atomic mass is 9.96. The first-order valence-corrected chi connectivity index (χ1v) is 14.3. The quantitative estimate of drug-likeness (QED) is 0.0867. The number of fused-ring (bicyclic) bond motifs is 1. The number of amides is 1. The lowest BCUT2D eigenvalue weighted by Gasteiger charge is -2.22. The maximum Gasteiger partial charge on any atom is 0.301 e. The van der Waals surface area contributed by atoms with Gasteiger partial charge >= 0.3 is 5.91 Å². The number of anilines is 1. The number of nitrogens with zero attached hydrogens (tertiary/aromatic N) is 5. The number of aromatic nitrogens is 4. The van der Waals surface area contributed by atoms with Gasteiger partial charge in [0.1, 0.15) is 22.9 Å². The summed E-state index contributed by atoms with van der Waals surface area (Å²) < 4.78 is 20.8. The zero-order chi connectivity index (χ0) is 28.7. The number of aliphatic hydroxyl groups excluding tert-OH is 1. The molecular weight excluding hydrogens is 565 g/mol. The number of methoxy groups -OCH3 is 1. The van der Waals surface area contributed by atoms with E-state index in [0.717, 1.165) is 16.9 Å². The molecule has 0 radical (unpaired) electrons. The molecule has 0 aliphatic carbocycles. The third kappa shape index (κ3) is 4.85. The number of rotatable bonds is 7. The monoisotopic (exact) mass is 587 g/mol. The Bertz CT molecular complexity index is 1820. The highest BCUT2D eigenvalue weighted by Crippen LogP contribution is 2.44. The highest BCUT2D eigenvalue weighted by atomic mass is 32.2. The van der Waals surface area contributed by atoms with Crippen molar-refractivity contribution < 1.29 is 23.8 Å². The van der Waals surface area contributed by atoms with Gasteiger partial charge in [0.15, 0.2) is 10.1 Å². The van der Waals surface area contributed by atoms with E-state index >= 15 is 0 Å². The van der Waals surface area contributed by atoms with Gasteiger partial charge in [0.25, 0.3) is 5.78 Å². The number of carbonyl (C=O) groups is 2. The first-order chi connectivity index (χ1) is 19.9. The summed E-state index contributed by atoms with van der Waals surface area (Å²) >= 11 is 2.54. The molecule has 1 aliphatic rings. The average molecular weight is 588 g/mol. The van der Waals surface area contributed by atoms with Crippen LogP contribution in [0.15, 0.2) is 82.8 Å². The van der Waals surface area contributed by atoms with Crippen molar-refractivity contribution in [1.82, 2.24) is 19.6 Å². The minimum atomic E-state index is -0.975. The second-order valence-corrected chi connectivity index (χ2v) is 11.4. The summed E-state index contributed by atoms with van der Waals surface area (Å²) in [6.07, 6.45) is 1.73. The van der Waals surface area contributed by atoms with E-state index in [0.29, 0.717) is 38.4 Å². The minimum absolute atomic E-state index is 0.0790. The Morgan fingerprint density at radius 2 is 1.83 bits per heavy atom. The summed E-state index contributed by atoms with van der Waals surface area (Å²) in [5.41, 5.74) is 2.82. The first kappa shape index (κ1) is 26.7. The number of Topliss-reactive ketones (excluding diaryl/α,β-unsaturated/α-hetero) is 1. The summed E-state index contributed by atoms with van der Waals surface area (Å²) in [5, 5.41) is 20.3. The third-order valence-corrected chi connectivity index (χ3v) is 8.81. The van der Waals surface area contributed by atoms with Gasteiger partial charge in [-0.15, -0.1) is 10.2 Å². The largest absolute Gasteiger partial charge is 0.505 e. The van der Waals surface area contributed by atoms with Gasteiger partial charge in [0.05, 0.1) is 24.4 Å². The number of ketones is 1. The molecule has 1 amide bonds. The van der Waals surface area contributed by atoms with Gasteiger partial charge in [-0.1, -0.05) is 53.4 Å². The van der Waals surface area contributed by atoms with Gasteiger partial charge in [0, 0.05) is 11.9 Å². The van der Waals surface area contributed by atoms with E-state index in [4.69, 9.17) is 4.74 Å². The van der Waals surface area contributed by atoms with Gasteiger partial charge in [0.2, 0.25) is 5.13 Å². The Morgan fingerprint density at radius 3 is 2.56 bits per heavy atom. The maximum atomic E-state index is 13.6. The first-order valence-electron chi connectivity index (χ1n) is 12.5. The molecular formula is C29H22FN5O4S2. The highest BCUT2D eigenvalue weighted by Gasteiger charge is 2.48. The number of aryl methyl sites for hydroxylation is 1. The van der Waals surface area contributed by atoms with Crippen molar-refractivity contribution in [3.8, 4) is 5.75 Å².